The summed E-state index contributed by atoms with van der Waals surface area (Å²) >= 11 is 0. The molecule has 3 aliphatic heterocycles. The van der Waals surface area contributed by atoms with Crippen molar-refractivity contribution in [2.24, 2.45) is 10.4 Å². The van der Waals surface area contributed by atoms with Crippen LogP contribution in [0.5, 0.6) is 0 Å². The summed E-state index contributed by atoms with van der Waals surface area (Å²) in [6.45, 7) is 10.2. The first kappa shape index (κ1) is 22.7. The van der Waals surface area contributed by atoms with E-state index >= 15 is 0 Å². The lowest BCUT2D eigenvalue weighted by Gasteiger charge is -2.20. The van der Waals surface area contributed by atoms with Crippen LogP contribution in [0.4, 0.5) is 20.7 Å². The molecular weight excluding hydrogens is 421 g/mol. The summed E-state index contributed by atoms with van der Waals surface area (Å²) in [7, 11) is 1.66. The molecule has 0 atom stereocenters. The van der Waals surface area contributed by atoms with E-state index in [1.54, 1.807) is 19.3 Å². The van der Waals surface area contributed by atoms with E-state index in [0.717, 1.165) is 53.4 Å². The molecule has 3 aliphatic rings. The first-order valence-corrected chi connectivity index (χ1v) is 11.1. The van der Waals surface area contributed by atoms with Crippen LogP contribution < -0.4 is 21.6 Å². The van der Waals surface area contributed by atoms with Gasteiger partial charge in [-0.25, -0.2) is 14.2 Å². The van der Waals surface area contributed by atoms with Crippen LogP contribution in [0.1, 0.15) is 32.8 Å². The molecule has 3 N–H and O–H groups in total. The molecule has 0 spiro atoms. The maximum atomic E-state index is 14.7. The van der Waals surface area contributed by atoms with Crippen LogP contribution in [0.25, 0.3) is 22.5 Å². The van der Waals surface area contributed by atoms with E-state index in [-0.39, 0.29) is 11.1 Å². The van der Waals surface area contributed by atoms with Crippen LogP contribution in [-0.4, -0.2) is 40.7 Å². The second kappa shape index (κ2) is 8.80. The van der Waals surface area contributed by atoms with Crippen LogP contribution in [0.15, 0.2) is 29.4 Å². The maximum Gasteiger partial charge on any atom is 0.319 e. The highest BCUT2D eigenvalue weighted by Gasteiger charge is 2.24. The van der Waals surface area contributed by atoms with Gasteiger partial charge in [0.05, 0.1) is 5.69 Å². The molecule has 0 unspecified atom stereocenters. The number of benzene rings is 1. The second-order valence-electron chi connectivity index (χ2n) is 9.50. The fourth-order valence-electron chi connectivity index (χ4n) is 3.95. The van der Waals surface area contributed by atoms with Crippen molar-refractivity contribution in [3.05, 3.63) is 41.4 Å². The van der Waals surface area contributed by atoms with Crippen LogP contribution in [0.2, 0.25) is 0 Å². The van der Waals surface area contributed by atoms with Crippen LogP contribution in [-0.2, 0) is 6.54 Å². The van der Waals surface area contributed by atoms with Gasteiger partial charge in [-0.15, -0.1) is 0 Å². The van der Waals surface area contributed by atoms with E-state index in [4.69, 9.17) is 0 Å². The van der Waals surface area contributed by atoms with Gasteiger partial charge in [0.2, 0.25) is 5.62 Å². The smallest absolute Gasteiger partial charge is 0.319 e. The summed E-state index contributed by atoms with van der Waals surface area (Å²) in [6.07, 6.45) is 2.57. The SMILES string of the molecule is CN=c1ncc2cc(-c3cc(NC(=O)NCCC(C)(C)C)c(F)cc3C)c3n(c-2n1)CCN3. The maximum absolute atomic E-state index is 14.7. The summed E-state index contributed by atoms with van der Waals surface area (Å²) < 4.78 is 16.8. The molecule has 0 aliphatic carbocycles. The molecule has 8 nitrogen and oxygen atoms in total. The number of carbonyl (C=O) groups excluding carboxylic acids is 1. The van der Waals surface area contributed by atoms with Crippen molar-refractivity contribution < 1.29 is 9.18 Å². The van der Waals surface area contributed by atoms with Crippen molar-refractivity contribution in [3.8, 4) is 22.5 Å². The number of halogens is 1. The first-order chi connectivity index (χ1) is 15.7. The van der Waals surface area contributed by atoms with E-state index in [9.17, 15) is 9.18 Å². The zero-order valence-electron chi connectivity index (χ0n) is 19.7. The molecule has 0 saturated heterocycles. The number of aryl methyl sites for hydroxylation is 1. The Hall–Kier alpha value is -3.49. The Morgan fingerprint density at radius 3 is 2.79 bits per heavy atom. The Kier molecular flexibility index (Phi) is 6.05. The number of urea groups is 1. The number of carbonyl (C=O) groups is 1. The van der Waals surface area contributed by atoms with Crippen molar-refractivity contribution >= 4 is 17.5 Å². The molecule has 0 saturated carbocycles. The molecule has 9 heteroatoms. The predicted octanol–water partition coefficient (Wildman–Crippen LogP) is 4.01. The Balaban J connectivity index is 1.70. The number of rotatable bonds is 4. The Morgan fingerprint density at radius 1 is 1.27 bits per heavy atom. The van der Waals surface area contributed by atoms with Crippen molar-refractivity contribution in [2.45, 2.75) is 40.7 Å². The molecule has 0 aromatic heterocycles. The molecule has 4 rings (SSSR count). The molecule has 0 bridgehead atoms. The fourth-order valence-corrected chi connectivity index (χ4v) is 3.95. The quantitative estimate of drug-likeness (QED) is 0.558. The first-order valence-electron chi connectivity index (χ1n) is 11.1. The number of nitrogens with one attached hydrogen (secondary N) is 3. The third kappa shape index (κ3) is 4.81. The molecule has 1 aromatic rings. The zero-order chi connectivity index (χ0) is 23.8. The summed E-state index contributed by atoms with van der Waals surface area (Å²) in [5, 5.41) is 8.89. The Morgan fingerprint density at radius 2 is 2.06 bits per heavy atom. The summed E-state index contributed by atoms with van der Waals surface area (Å²) in [6, 6.07) is 4.71. The Labute approximate surface area is 192 Å². The van der Waals surface area contributed by atoms with Gasteiger partial charge < -0.3 is 20.5 Å². The highest BCUT2D eigenvalue weighted by molar-refractivity contribution is 5.92. The third-order valence-electron chi connectivity index (χ3n) is 5.70. The van der Waals surface area contributed by atoms with E-state index in [1.807, 2.05) is 13.0 Å². The monoisotopic (exact) mass is 451 g/mol. The minimum atomic E-state index is -0.474. The Bertz CT molecular complexity index is 1240. The topological polar surface area (TPSA) is 96.2 Å². The minimum absolute atomic E-state index is 0.104. The van der Waals surface area contributed by atoms with Gasteiger partial charge in [0.15, 0.2) is 0 Å². The summed E-state index contributed by atoms with van der Waals surface area (Å²) in [4.78, 5) is 25.3. The number of pyridine rings is 1. The molecule has 2 amide bonds. The van der Waals surface area contributed by atoms with Crippen molar-refractivity contribution in [1.29, 1.82) is 0 Å². The van der Waals surface area contributed by atoms with Gasteiger partial charge in [-0.05, 0) is 48.1 Å². The van der Waals surface area contributed by atoms with Gasteiger partial charge in [-0.2, -0.15) is 4.98 Å². The van der Waals surface area contributed by atoms with E-state index in [0.29, 0.717) is 12.2 Å². The lowest BCUT2D eigenvalue weighted by molar-refractivity contribution is 0.250. The minimum Gasteiger partial charge on any atom is -0.369 e. The van der Waals surface area contributed by atoms with Crippen LogP contribution in [0.3, 0.4) is 0 Å². The van der Waals surface area contributed by atoms with Gasteiger partial charge in [0.1, 0.15) is 17.5 Å². The second-order valence-corrected chi connectivity index (χ2v) is 9.50. The third-order valence-corrected chi connectivity index (χ3v) is 5.70. The molecule has 0 radical (unpaired) electrons. The van der Waals surface area contributed by atoms with Crippen molar-refractivity contribution in [2.75, 3.05) is 30.8 Å². The van der Waals surface area contributed by atoms with Gasteiger partial charge in [0.25, 0.3) is 0 Å². The lowest BCUT2D eigenvalue weighted by atomic mass is 9.92. The standard InChI is InChI=1S/C24H30FN7O/c1-14-10-18(25)19(30-23(33)28-7-6-24(2,3)4)12-16(14)17-11-15-13-29-22(26-5)31-20(15)32-9-8-27-21(17)32/h10-13,27H,6-9H2,1-5H3,(H2,28,30,33). The number of aromatic nitrogens is 3. The average Bonchev–Trinajstić information content (AvgIpc) is 3.24. The van der Waals surface area contributed by atoms with Crippen LogP contribution >= 0.6 is 0 Å². The van der Waals surface area contributed by atoms with Gasteiger partial charge in [-0.1, -0.05) is 20.8 Å². The zero-order valence-corrected chi connectivity index (χ0v) is 19.7. The number of anilines is 2. The van der Waals surface area contributed by atoms with Crippen molar-refractivity contribution in [1.82, 2.24) is 19.9 Å². The largest absolute Gasteiger partial charge is 0.369 e. The summed E-state index contributed by atoms with van der Waals surface area (Å²) in [5.41, 5.74) is 4.03. The number of fused-ring (bicyclic) bond motifs is 3. The number of nitrogens with zero attached hydrogens (tertiary/aromatic N) is 4. The van der Waals surface area contributed by atoms with Gasteiger partial charge in [-0.3, -0.25) is 4.99 Å². The molecule has 33 heavy (non-hydrogen) atoms. The molecule has 1 aromatic carbocycles. The normalized spacial score (nSPS) is 13.7. The van der Waals surface area contributed by atoms with E-state index in [1.165, 1.54) is 6.07 Å². The average molecular weight is 452 g/mol. The predicted molar refractivity (Wildman–Crippen MR) is 128 cm³/mol. The number of hydrogen-bond donors (Lipinski definition) is 3. The summed E-state index contributed by atoms with van der Waals surface area (Å²) in [5.74, 6) is 1.22. The van der Waals surface area contributed by atoms with Crippen LogP contribution in [0, 0.1) is 18.2 Å². The molecular formula is C24H30FN7O. The van der Waals surface area contributed by atoms with E-state index in [2.05, 4.69) is 56.2 Å². The molecule has 174 valence electrons. The molecule has 0 fully saturated rings. The number of hydrogen-bond acceptors (Lipinski definition) is 5. The van der Waals surface area contributed by atoms with Gasteiger partial charge >= 0.3 is 6.03 Å². The van der Waals surface area contributed by atoms with Crippen molar-refractivity contribution in [3.63, 3.8) is 0 Å². The lowest BCUT2D eigenvalue weighted by Crippen LogP contribution is -2.31. The number of amides is 2. The van der Waals surface area contributed by atoms with E-state index < -0.39 is 11.8 Å². The highest BCUT2D eigenvalue weighted by atomic mass is 19.1. The highest BCUT2D eigenvalue weighted by Crippen LogP contribution is 2.39. The van der Waals surface area contributed by atoms with Gasteiger partial charge in [0, 0.05) is 44.0 Å². The molecule has 3 heterocycles. The fraction of sp³-hybridized carbons (Fsp3) is 0.417.